The highest BCUT2D eigenvalue weighted by Gasteiger charge is 2.18. The Bertz CT molecular complexity index is 946. The van der Waals surface area contributed by atoms with Gasteiger partial charge in [-0.05, 0) is 77.0 Å². The molecule has 0 aromatic heterocycles. The molecule has 58 heavy (non-hydrogen) atoms. The summed E-state index contributed by atoms with van der Waals surface area (Å²) in [4.78, 5) is 24.3. The maximum Gasteiger partial charge on any atom is 0.305 e. The van der Waals surface area contributed by atoms with Crippen LogP contribution in [-0.4, -0.2) is 47.4 Å². The van der Waals surface area contributed by atoms with Crippen molar-refractivity contribution in [3.8, 4) is 0 Å². The van der Waals surface area contributed by atoms with Crippen molar-refractivity contribution >= 4 is 11.9 Å². The van der Waals surface area contributed by atoms with Crippen LogP contribution < -0.4 is 5.32 Å². The van der Waals surface area contributed by atoms with Crippen LogP contribution in [0.5, 0.6) is 0 Å². The van der Waals surface area contributed by atoms with Gasteiger partial charge in [-0.2, -0.15) is 0 Å². The van der Waals surface area contributed by atoms with E-state index in [2.05, 4.69) is 43.5 Å². The van der Waals surface area contributed by atoms with Crippen molar-refractivity contribution in [2.45, 2.75) is 270 Å². The van der Waals surface area contributed by atoms with Crippen molar-refractivity contribution in [2.24, 2.45) is 0 Å². The quantitative estimate of drug-likeness (QED) is 0.0323. The largest absolute Gasteiger partial charge is 0.466 e. The van der Waals surface area contributed by atoms with E-state index in [-0.39, 0.29) is 18.5 Å². The van der Waals surface area contributed by atoms with Crippen molar-refractivity contribution in [3.63, 3.8) is 0 Å². The molecule has 0 fully saturated rings. The van der Waals surface area contributed by atoms with Gasteiger partial charge in [0, 0.05) is 12.8 Å². The predicted octanol–water partition coefficient (Wildman–Crippen LogP) is 14.9. The van der Waals surface area contributed by atoms with Gasteiger partial charge in [0.2, 0.25) is 5.91 Å². The molecule has 1 amide bonds. The number of unbranched alkanes of at least 4 members (excludes halogenated alkanes) is 31. The molecule has 6 heteroatoms. The number of aliphatic hydroxyl groups excluding tert-OH is 2. The SMILES string of the molecule is CCCC/C=C\CCCCCCCC(=O)OCCCCCCCCCCC/C=C\CCCCCCCCCC(=O)NC(CO)C(O)/C=C/CCCCCCCCCC. The fourth-order valence-electron chi connectivity index (χ4n) is 7.43. The summed E-state index contributed by atoms with van der Waals surface area (Å²) in [6.07, 6.45) is 57.2. The lowest BCUT2D eigenvalue weighted by Gasteiger charge is -2.20. The Morgan fingerprint density at radius 2 is 0.828 bits per heavy atom. The summed E-state index contributed by atoms with van der Waals surface area (Å²) in [5.74, 6) is -0.0863. The fourth-order valence-corrected chi connectivity index (χ4v) is 7.43. The number of carbonyl (C=O) groups excluding carboxylic acids is 2. The molecule has 340 valence electrons. The number of hydrogen-bond acceptors (Lipinski definition) is 5. The smallest absolute Gasteiger partial charge is 0.305 e. The van der Waals surface area contributed by atoms with Crippen LogP contribution in [0, 0.1) is 0 Å². The van der Waals surface area contributed by atoms with Gasteiger partial charge in [0.15, 0.2) is 0 Å². The maximum atomic E-state index is 12.4. The molecule has 2 atom stereocenters. The van der Waals surface area contributed by atoms with E-state index in [1.165, 1.54) is 180 Å². The minimum Gasteiger partial charge on any atom is -0.466 e. The van der Waals surface area contributed by atoms with Crippen molar-refractivity contribution in [2.75, 3.05) is 13.2 Å². The Morgan fingerprint density at radius 3 is 1.28 bits per heavy atom. The highest BCUT2D eigenvalue weighted by molar-refractivity contribution is 5.76. The minimum absolute atomic E-state index is 0.00654. The number of allylic oxidation sites excluding steroid dienone is 5. The van der Waals surface area contributed by atoms with Crippen molar-refractivity contribution in [3.05, 3.63) is 36.5 Å². The molecule has 0 aromatic rings. The number of carbonyl (C=O) groups is 2. The van der Waals surface area contributed by atoms with Gasteiger partial charge in [-0.15, -0.1) is 0 Å². The molecule has 0 rings (SSSR count). The van der Waals surface area contributed by atoms with E-state index in [0.29, 0.717) is 19.4 Å². The molecule has 0 spiro atoms. The summed E-state index contributed by atoms with van der Waals surface area (Å²) in [6, 6.07) is -0.632. The van der Waals surface area contributed by atoms with Crippen LogP contribution in [0.3, 0.4) is 0 Å². The lowest BCUT2D eigenvalue weighted by atomic mass is 10.1. The highest BCUT2D eigenvalue weighted by Crippen LogP contribution is 2.14. The first kappa shape index (κ1) is 56.1. The second kappa shape index (κ2) is 47.8. The molecule has 0 saturated carbocycles. The molecule has 6 nitrogen and oxygen atoms in total. The number of rotatable bonds is 46. The molecule has 2 unspecified atom stereocenters. The minimum atomic E-state index is -0.848. The number of hydrogen-bond donors (Lipinski definition) is 3. The first-order valence-electron chi connectivity index (χ1n) is 25.3. The van der Waals surface area contributed by atoms with Gasteiger partial charge in [-0.25, -0.2) is 0 Å². The number of nitrogens with one attached hydrogen (secondary N) is 1. The molecular formula is C52H97NO5. The molecule has 0 saturated heterocycles. The Morgan fingerprint density at radius 1 is 0.466 bits per heavy atom. The zero-order valence-corrected chi connectivity index (χ0v) is 38.5. The average Bonchev–Trinajstić information content (AvgIpc) is 3.22. The number of aliphatic hydroxyl groups is 2. The molecule has 0 aromatic carbocycles. The van der Waals surface area contributed by atoms with E-state index in [1.54, 1.807) is 6.08 Å². The summed E-state index contributed by atoms with van der Waals surface area (Å²) in [7, 11) is 0. The normalized spacial score (nSPS) is 13.0. The highest BCUT2D eigenvalue weighted by atomic mass is 16.5. The molecule has 0 aliphatic carbocycles. The number of ether oxygens (including phenoxy) is 1. The van der Waals surface area contributed by atoms with Gasteiger partial charge in [-0.1, -0.05) is 204 Å². The fraction of sp³-hybridized carbons (Fsp3) is 0.846. The van der Waals surface area contributed by atoms with Crippen LogP contribution in [0.1, 0.15) is 258 Å². The first-order valence-corrected chi connectivity index (χ1v) is 25.3. The van der Waals surface area contributed by atoms with Crippen molar-refractivity contribution in [1.29, 1.82) is 0 Å². The second-order valence-corrected chi connectivity index (χ2v) is 17.1. The second-order valence-electron chi connectivity index (χ2n) is 17.1. The molecular weight excluding hydrogens is 719 g/mol. The zero-order valence-electron chi connectivity index (χ0n) is 38.5. The van der Waals surface area contributed by atoms with Crippen LogP contribution >= 0.6 is 0 Å². The topological polar surface area (TPSA) is 95.9 Å². The zero-order chi connectivity index (χ0) is 42.3. The molecule has 0 bridgehead atoms. The summed E-state index contributed by atoms with van der Waals surface area (Å²) < 4.78 is 5.44. The van der Waals surface area contributed by atoms with Crippen molar-refractivity contribution in [1.82, 2.24) is 5.32 Å². The molecule has 0 radical (unpaired) electrons. The molecule has 0 aliphatic heterocycles. The lowest BCUT2D eigenvalue weighted by molar-refractivity contribution is -0.143. The van der Waals surface area contributed by atoms with Crippen LogP contribution in [0.25, 0.3) is 0 Å². The third-order valence-electron chi connectivity index (χ3n) is 11.4. The Hall–Kier alpha value is -1.92. The average molecular weight is 816 g/mol. The first-order chi connectivity index (χ1) is 28.5. The van der Waals surface area contributed by atoms with E-state index in [0.717, 1.165) is 51.4 Å². The van der Waals surface area contributed by atoms with Gasteiger partial charge < -0.3 is 20.3 Å². The van der Waals surface area contributed by atoms with Crippen LogP contribution in [0.15, 0.2) is 36.5 Å². The van der Waals surface area contributed by atoms with Crippen molar-refractivity contribution < 1.29 is 24.5 Å². The summed E-state index contributed by atoms with van der Waals surface area (Å²) >= 11 is 0. The van der Waals surface area contributed by atoms with Gasteiger partial charge in [0.25, 0.3) is 0 Å². The third-order valence-corrected chi connectivity index (χ3v) is 11.4. The van der Waals surface area contributed by atoms with Gasteiger partial charge in [0.1, 0.15) is 0 Å². The van der Waals surface area contributed by atoms with Gasteiger partial charge in [0.05, 0.1) is 25.4 Å². The standard InChI is InChI=1S/C52H97NO5/c1-3-5-7-9-11-13-25-30-34-38-42-46-52(57)58-47-43-39-35-31-27-24-22-20-18-16-15-17-19-21-23-26-29-33-37-41-45-51(56)53-49(48-54)50(55)44-40-36-32-28-14-12-10-8-6-4-2/h9,11,15,17,40,44,49-50,54-55H,3-8,10,12-14,16,18-39,41-43,45-48H2,1-2H3,(H,53,56)/b11-9-,17-15-,44-40+. The summed E-state index contributed by atoms with van der Waals surface area (Å²) in [6.45, 7) is 4.82. The summed E-state index contributed by atoms with van der Waals surface area (Å²) in [5, 5.41) is 22.9. The lowest BCUT2D eigenvalue weighted by Crippen LogP contribution is -2.45. The molecule has 0 heterocycles. The Labute approximate surface area is 360 Å². The van der Waals surface area contributed by atoms with Crippen LogP contribution in [-0.2, 0) is 14.3 Å². The maximum absolute atomic E-state index is 12.4. The van der Waals surface area contributed by atoms with E-state index < -0.39 is 12.1 Å². The van der Waals surface area contributed by atoms with Crippen LogP contribution in [0.2, 0.25) is 0 Å². The van der Waals surface area contributed by atoms with E-state index in [9.17, 15) is 19.8 Å². The third kappa shape index (κ3) is 43.7. The molecule has 0 aliphatic rings. The van der Waals surface area contributed by atoms with Gasteiger partial charge >= 0.3 is 5.97 Å². The Kier molecular flexibility index (Phi) is 46.2. The summed E-state index contributed by atoms with van der Waals surface area (Å²) in [5.41, 5.74) is 0. The van der Waals surface area contributed by atoms with E-state index in [1.807, 2.05) is 6.08 Å². The molecule has 3 N–H and O–H groups in total. The monoisotopic (exact) mass is 816 g/mol. The number of amides is 1. The van der Waals surface area contributed by atoms with Crippen LogP contribution in [0.4, 0.5) is 0 Å². The predicted molar refractivity (Wildman–Crippen MR) is 250 cm³/mol. The van der Waals surface area contributed by atoms with E-state index >= 15 is 0 Å². The number of esters is 1. The Balaban J connectivity index is 3.45. The van der Waals surface area contributed by atoms with E-state index in [4.69, 9.17) is 4.74 Å². The van der Waals surface area contributed by atoms with Gasteiger partial charge in [-0.3, -0.25) is 9.59 Å².